The molecule has 1 aromatic carbocycles. The molecule has 104 valence electrons. The van der Waals surface area contributed by atoms with Crippen molar-refractivity contribution in [3.8, 4) is 0 Å². The molecule has 0 spiro atoms. The Bertz CT molecular complexity index is 706. The molecule has 0 unspecified atom stereocenters. The SMILES string of the molecule is ClCCc1nc2cc(Br)ccc2n1CCc1cccs1. The molecule has 0 bridgehead atoms. The van der Waals surface area contributed by atoms with E-state index in [2.05, 4.69) is 56.2 Å². The van der Waals surface area contributed by atoms with Crippen LogP contribution in [0, 0.1) is 0 Å². The maximum absolute atomic E-state index is 5.91. The highest BCUT2D eigenvalue weighted by atomic mass is 79.9. The molecule has 2 nitrogen and oxygen atoms in total. The Hall–Kier alpha value is -0.840. The minimum Gasteiger partial charge on any atom is -0.328 e. The minimum absolute atomic E-state index is 0.601. The van der Waals surface area contributed by atoms with Crippen molar-refractivity contribution in [2.24, 2.45) is 0 Å². The number of hydrogen-bond donors (Lipinski definition) is 0. The van der Waals surface area contributed by atoms with E-state index in [9.17, 15) is 0 Å². The second-order valence-electron chi connectivity index (χ2n) is 4.58. The van der Waals surface area contributed by atoms with Crippen molar-refractivity contribution in [3.63, 3.8) is 0 Å². The number of thiophene rings is 1. The summed E-state index contributed by atoms with van der Waals surface area (Å²) in [6.45, 7) is 0.949. The zero-order chi connectivity index (χ0) is 13.9. The van der Waals surface area contributed by atoms with Crippen LogP contribution in [-0.4, -0.2) is 15.4 Å². The standard InChI is InChI=1S/C15H14BrClN2S/c16-11-3-4-14-13(10-11)18-15(5-7-17)19(14)8-6-12-2-1-9-20-12/h1-4,9-10H,5-8H2. The molecular formula is C15H14BrClN2S. The van der Waals surface area contributed by atoms with Gasteiger partial charge in [0.15, 0.2) is 0 Å². The summed E-state index contributed by atoms with van der Waals surface area (Å²) < 4.78 is 3.36. The minimum atomic E-state index is 0.601. The first-order valence-electron chi connectivity index (χ1n) is 6.51. The van der Waals surface area contributed by atoms with Gasteiger partial charge in [-0.05, 0) is 36.1 Å². The molecule has 2 aromatic heterocycles. The normalized spacial score (nSPS) is 11.3. The maximum Gasteiger partial charge on any atom is 0.111 e. The smallest absolute Gasteiger partial charge is 0.111 e. The van der Waals surface area contributed by atoms with Gasteiger partial charge in [0.25, 0.3) is 0 Å². The van der Waals surface area contributed by atoms with Gasteiger partial charge in [-0.15, -0.1) is 22.9 Å². The summed E-state index contributed by atoms with van der Waals surface area (Å²) in [4.78, 5) is 6.12. The monoisotopic (exact) mass is 368 g/mol. The number of fused-ring (bicyclic) bond motifs is 1. The first-order valence-corrected chi connectivity index (χ1v) is 8.71. The highest BCUT2D eigenvalue weighted by Gasteiger charge is 2.10. The van der Waals surface area contributed by atoms with Crippen molar-refractivity contribution in [2.75, 3.05) is 5.88 Å². The Balaban J connectivity index is 1.95. The molecule has 3 aromatic rings. The van der Waals surface area contributed by atoms with Crippen molar-refractivity contribution < 1.29 is 0 Å². The first kappa shape index (κ1) is 14.1. The third-order valence-corrected chi connectivity index (χ3v) is 4.89. The van der Waals surface area contributed by atoms with Crippen LogP contribution in [0.3, 0.4) is 0 Å². The number of aryl methyl sites for hydroxylation is 3. The molecule has 0 saturated carbocycles. The third-order valence-electron chi connectivity index (χ3n) is 3.27. The molecule has 0 saturated heterocycles. The summed E-state index contributed by atoms with van der Waals surface area (Å²) in [5.41, 5.74) is 2.22. The van der Waals surface area contributed by atoms with Gasteiger partial charge in [-0.3, -0.25) is 0 Å². The molecule has 0 atom stereocenters. The summed E-state index contributed by atoms with van der Waals surface area (Å²) in [5, 5.41) is 2.12. The average Bonchev–Trinajstić information content (AvgIpc) is 3.04. The van der Waals surface area contributed by atoms with Crippen LogP contribution in [0.4, 0.5) is 0 Å². The summed E-state index contributed by atoms with van der Waals surface area (Å²) in [6, 6.07) is 10.5. The Morgan fingerprint density at radius 1 is 1.25 bits per heavy atom. The quantitative estimate of drug-likeness (QED) is 0.586. The highest BCUT2D eigenvalue weighted by Crippen LogP contribution is 2.22. The van der Waals surface area contributed by atoms with Crippen LogP contribution in [0.2, 0.25) is 0 Å². The van der Waals surface area contributed by atoms with Crippen LogP contribution in [0.15, 0.2) is 40.2 Å². The average molecular weight is 370 g/mol. The number of hydrogen-bond acceptors (Lipinski definition) is 2. The van der Waals surface area contributed by atoms with Crippen LogP contribution in [0.25, 0.3) is 11.0 Å². The van der Waals surface area contributed by atoms with Gasteiger partial charge in [-0.25, -0.2) is 4.98 Å². The van der Waals surface area contributed by atoms with Gasteiger partial charge in [-0.2, -0.15) is 0 Å². The fourth-order valence-electron chi connectivity index (χ4n) is 2.35. The number of alkyl halides is 1. The lowest BCUT2D eigenvalue weighted by Crippen LogP contribution is -2.06. The van der Waals surface area contributed by atoms with Gasteiger partial charge in [0.05, 0.1) is 11.0 Å². The number of aromatic nitrogens is 2. The van der Waals surface area contributed by atoms with E-state index >= 15 is 0 Å². The Morgan fingerprint density at radius 3 is 2.90 bits per heavy atom. The van der Waals surface area contributed by atoms with E-state index in [0.717, 1.165) is 35.2 Å². The molecule has 3 rings (SSSR count). The summed E-state index contributed by atoms with van der Waals surface area (Å²) >= 11 is 11.2. The lowest BCUT2D eigenvalue weighted by atomic mass is 10.3. The second kappa shape index (κ2) is 6.29. The van der Waals surface area contributed by atoms with Crippen molar-refractivity contribution in [1.29, 1.82) is 0 Å². The van der Waals surface area contributed by atoms with Crippen LogP contribution < -0.4 is 0 Å². The lowest BCUT2D eigenvalue weighted by molar-refractivity contribution is 0.679. The Morgan fingerprint density at radius 2 is 2.15 bits per heavy atom. The van der Waals surface area contributed by atoms with E-state index in [4.69, 9.17) is 16.6 Å². The highest BCUT2D eigenvalue weighted by molar-refractivity contribution is 9.10. The Kier molecular flexibility index (Phi) is 4.44. The van der Waals surface area contributed by atoms with Gasteiger partial charge in [0, 0.05) is 28.2 Å². The number of halogens is 2. The third kappa shape index (κ3) is 2.92. The fraction of sp³-hybridized carbons (Fsp3) is 0.267. The molecule has 0 aliphatic carbocycles. The van der Waals surface area contributed by atoms with E-state index in [0.29, 0.717) is 5.88 Å². The molecule has 0 radical (unpaired) electrons. The molecular weight excluding hydrogens is 356 g/mol. The van der Waals surface area contributed by atoms with Gasteiger partial charge < -0.3 is 4.57 Å². The lowest BCUT2D eigenvalue weighted by Gasteiger charge is -2.07. The number of nitrogens with zero attached hydrogens (tertiary/aromatic N) is 2. The van der Waals surface area contributed by atoms with Crippen LogP contribution in [0.1, 0.15) is 10.7 Å². The van der Waals surface area contributed by atoms with Crippen molar-refractivity contribution in [3.05, 3.63) is 50.9 Å². The molecule has 0 aliphatic heterocycles. The zero-order valence-electron chi connectivity index (χ0n) is 10.9. The largest absolute Gasteiger partial charge is 0.328 e. The van der Waals surface area contributed by atoms with E-state index in [-0.39, 0.29) is 0 Å². The number of benzene rings is 1. The molecule has 5 heteroatoms. The number of imidazole rings is 1. The predicted molar refractivity (Wildman–Crippen MR) is 89.9 cm³/mol. The second-order valence-corrected chi connectivity index (χ2v) is 6.91. The van der Waals surface area contributed by atoms with Gasteiger partial charge in [0.2, 0.25) is 0 Å². The topological polar surface area (TPSA) is 17.8 Å². The van der Waals surface area contributed by atoms with Crippen molar-refractivity contribution >= 4 is 49.9 Å². The van der Waals surface area contributed by atoms with Crippen molar-refractivity contribution in [2.45, 2.75) is 19.4 Å². The predicted octanol–water partition coefficient (Wildman–Crippen LogP) is 4.88. The number of rotatable bonds is 5. The molecule has 0 amide bonds. The molecule has 0 fully saturated rings. The Labute approximate surface area is 135 Å². The molecule has 2 heterocycles. The van der Waals surface area contributed by atoms with Crippen LogP contribution in [0.5, 0.6) is 0 Å². The van der Waals surface area contributed by atoms with Crippen LogP contribution in [-0.2, 0) is 19.4 Å². The van der Waals surface area contributed by atoms with Gasteiger partial charge in [-0.1, -0.05) is 22.0 Å². The van der Waals surface area contributed by atoms with Gasteiger partial charge in [0.1, 0.15) is 5.82 Å². The molecule has 0 aliphatic rings. The van der Waals surface area contributed by atoms with Crippen LogP contribution >= 0.6 is 38.9 Å². The maximum atomic E-state index is 5.91. The fourth-order valence-corrected chi connectivity index (χ4v) is 3.57. The van der Waals surface area contributed by atoms with Crippen molar-refractivity contribution in [1.82, 2.24) is 9.55 Å². The van der Waals surface area contributed by atoms with E-state index in [1.807, 2.05) is 0 Å². The summed E-state index contributed by atoms with van der Waals surface area (Å²) in [7, 11) is 0. The van der Waals surface area contributed by atoms with E-state index in [1.54, 1.807) is 11.3 Å². The first-order chi connectivity index (χ1) is 9.78. The van der Waals surface area contributed by atoms with E-state index < -0.39 is 0 Å². The molecule has 0 N–H and O–H groups in total. The van der Waals surface area contributed by atoms with Gasteiger partial charge >= 0.3 is 0 Å². The summed E-state index contributed by atoms with van der Waals surface area (Å²) in [5.74, 6) is 1.67. The zero-order valence-corrected chi connectivity index (χ0v) is 14.0. The van der Waals surface area contributed by atoms with E-state index in [1.165, 1.54) is 10.4 Å². The molecule has 20 heavy (non-hydrogen) atoms. The summed E-state index contributed by atoms with van der Waals surface area (Å²) in [6.07, 6.45) is 1.84.